The van der Waals surface area contributed by atoms with E-state index in [0.29, 0.717) is 35.3 Å². The van der Waals surface area contributed by atoms with Crippen molar-refractivity contribution in [3.05, 3.63) is 89.0 Å². The molecule has 1 unspecified atom stereocenters. The van der Waals surface area contributed by atoms with Crippen LogP contribution in [-0.2, 0) is 4.74 Å². The molecule has 1 atom stereocenters. The predicted octanol–water partition coefficient (Wildman–Crippen LogP) is 6.03. The Labute approximate surface area is 177 Å². The molecule has 3 aromatic carbocycles. The van der Waals surface area contributed by atoms with E-state index >= 15 is 0 Å². The van der Waals surface area contributed by atoms with E-state index in [4.69, 9.17) is 25.8 Å². The second-order valence-corrected chi connectivity index (χ2v) is 7.05. The molecule has 0 saturated carbocycles. The number of benzene rings is 3. The summed E-state index contributed by atoms with van der Waals surface area (Å²) >= 11 is 6.29. The lowest BCUT2D eigenvalue weighted by Crippen LogP contribution is -2.11. The molecule has 0 aromatic heterocycles. The van der Waals surface area contributed by atoms with Gasteiger partial charge in [-0.15, -0.1) is 0 Å². The third-order valence-corrected chi connectivity index (χ3v) is 4.78. The SMILES string of the molecule is Fc1cccc(F)c1C1=NC(CCOc2ccc(Oc3ccccc3)cc2Cl)CO1. The first-order valence-corrected chi connectivity index (χ1v) is 9.78. The Balaban J connectivity index is 1.33. The number of rotatable bonds is 7. The number of para-hydroxylation sites is 1. The fraction of sp³-hybridized carbons (Fsp3) is 0.174. The van der Waals surface area contributed by atoms with Gasteiger partial charge in [-0.25, -0.2) is 13.8 Å². The minimum atomic E-state index is -0.699. The molecule has 1 aliphatic heterocycles. The van der Waals surface area contributed by atoms with Gasteiger partial charge in [0.2, 0.25) is 5.90 Å². The van der Waals surface area contributed by atoms with Crippen LogP contribution in [0.2, 0.25) is 5.02 Å². The molecule has 0 radical (unpaired) electrons. The summed E-state index contributed by atoms with van der Waals surface area (Å²) in [5.41, 5.74) is -0.238. The zero-order valence-corrected chi connectivity index (χ0v) is 16.6. The molecule has 154 valence electrons. The van der Waals surface area contributed by atoms with E-state index < -0.39 is 11.6 Å². The summed E-state index contributed by atoms with van der Waals surface area (Å²) in [6, 6.07) is 18.0. The molecule has 4 nitrogen and oxygen atoms in total. The third kappa shape index (κ3) is 4.71. The van der Waals surface area contributed by atoms with Crippen molar-refractivity contribution < 1.29 is 23.0 Å². The number of halogens is 3. The first-order chi connectivity index (χ1) is 14.6. The molecular formula is C23H18ClF2NO3. The Morgan fingerprint density at radius 2 is 1.73 bits per heavy atom. The van der Waals surface area contributed by atoms with Crippen LogP contribution < -0.4 is 9.47 Å². The highest BCUT2D eigenvalue weighted by Gasteiger charge is 2.25. The van der Waals surface area contributed by atoms with Gasteiger partial charge in [0.1, 0.15) is 41.1 Å². The highest BCUT2D eigenvalue weighted by Crippen LogP contribution is 2.31. The van der Waals surface area contributed by atoms with Crippen LogP contribution in [0.15, 0.2) is 71.7 Å². The topological polar surface area (TPSA) is 40.0 Å². The minimum Gasteiger partial charge on any atom is -0.492 e. The van der Waals surface area contributed by atoms with Crippen molar-refractivity contribution in [2.45, 2.75) is 12.5 Å². The summed E-state index contributed by atoms with van der Waals surface area (Å²) in [7, 11) is 0. The van der Waals surface area contributed by atoms with Gasteiger partial charge >= 0.3 is 0 Å². The maximum absolute atomic E-state index is 13.9. The van der Waals surface area contributed by atoms with Crippen LogP contribution in [-0.4, -0.2) is 25.2 Å². The Morgan fingerprint density at radius 1 is 0.967 bits per heavy atom. The largest absolute Gasteiger partial charge is 0.492 e. The molecule has 3 aromatic rings. The smallest absolute Gasteiger partial charge is 0.222 e. The second kappa shape index (κ2) is 9.13. The van der Waals surface area contributed by atoms with E-state index in [2.05, 4.69) is 4.99 Å². The van der Waals surface area contributed by atoms with Gasteiger partial charge in [-0.2, -0.15) is 0 Å². The summed E-state index contributed by atoms with van der Waals surface area (Å²) in [6.07, 6.45) is 0.512. The van der Waals surface area contributed by atoms with Gasteiger partial charge < -0.3 is 14.2 Å². The van der Waals surface area contributed by atoms with Gasteiger partial charge in [0, 0.05) is 12.5 Å². The normalized spacial score (nSPS) is 15.4. The van der Waals surface area contributed by atoms with Crippen molar-refractivity contribution in [3.8, 4) is 17.2 Å². The predicted molar refractivity (Wildman–Crippen MR) is 111 cm³/mol. The zero-order chi connectivity index (χ0) is 20.9. The molecule has 0 bridgehead atoms. The van der Waals surface area contributed by atoms with Crippen molar-refractivity contribution in [3.63, 3.8) is 0 Å². The van der Waals surface area contributed by atoms with Gasteiger partial charge in [-0.1, -0.05) is 35.9 Å². The van der Waals surface area contributed by atoms with Crippen LogP contribution in [0.5, 0.6) is 17.2 Å². The van der Waals surface area contributed by atoms with Crippen LogP contribution in [0.25, 0.3) is 0 Å². The van der Waals surface area contributed by atoms with E-state index in [-0.39, 0.29) is 24.1 Å². The van der Waals surface area contributed by atoms with Gasteiger partial charge in [-0.3, -0.25) is 0 Å². The second-order valence-electron chi connectivity index (χ2n) is 6.64. The fourth-order valence-corrected chi connectivity index (χ4v) is 3.22. The zero-order valence-electron chi connectivity index (χ0n) is 15.9. The molecule has 0 fully saturated rings. The Kier molecular flexibility index (Phi) is 6.14. The molecule has 30 heavy (non-hydrogen) atoms. The highest BCUT2D eigenvalue weighted by molar-refractivity contribution is 6.32. The van der Waals surface area contributed by atoms with Crippen LogP contribution >= 0.6 is 11.6 Å². The molecular weight excluding hydrogens is 412 g/mol. The van der Waals surface area contributed by atoms with E-state index in [1.165, 1.54) is 18.2 Å². The quantitative estimate of drug-likeness (QED) is 0.460. The van der Waals surface area contributed by atoms with Crippen molar-refractivity contribution in [2.75, 3.05) is 13.2 Å². The van der Waals surface area contributed by atoms with Crippen LogP contribution in [0.4, 0.5) is 8.78 Å². The van der Waals surface area contributed by atoms with Gasteiger partial charge in [0.25, 0.3) is 0 Å². The number of nitrogens with zero attached hydrogens (tertiary/aromatic N) is 1. The Hall–Kier alpha value is -3.12. The van der Waals surface area contributed by atoms with E-state index in [0.717, 1.165) is 0 Å². The lowest BCUT2D eigenvalue weighted by molar-refractivity contribution is 0.264. The Morgan fingerprint density at radius 3 is 2.47 bits per heavy atom. The number of aliphatic imine (C=N–C) groups is 1. The highest BCUT2D eigenvalue weighted by atomic mass is 35.5. The maximum Gasteiger partial charge on any atom is 0.222 e. The van der Waals surface area contributed by atoms with Crippen molar-refractivity contribution in [1.82, 2.24) is 0 Å². The lowest BCUT2D eigenvalue weighted by atomic mass is 10.2. The lowest BCUT2D eigenvalue weighted by Gasteiger charge is -2.11. The molecule has 0 saturated heterocycles. The third-order valence-electron chi connectivity index (χ3n) is 4.48. The molecule has 0 amide bonds. The number of ether oxygens (including phenoxy) is 3. The van der Waals surface area contributed by atoms with Crippen LogP contribution in [0.1, 0.15) is 12.0 Å². The van der Waals surface area contributed by atoms with Crippen molar-refractivity contribution in [2.24, 2.45) is 4.99 Å². The molecule has 1 heterocycles. The minimum absolute atomic E-state index is 0.0175. The first-order valence-electron chi connectivity index (χ1n) is 9.40. The summed E-state index contributed by atoms with van der Waals surface area (Å²) in [6.45, 7) is 0.563. The molecule has 7 heteroatoms. The van der Waals surface area contributed by atoms with Gasteiger partial charge in [-0.05, 0) is 36.4 Å². The summed E-state index contributed by atoms with van der Waals surface area (Å²) in [5, 5.41) is 0.420. The average molecular weight is 430 g/mol. The summed E-state index contributed by atoms with van der Waals surface area (Å²) in [4.78, 5) is 4.28. The van der Waals surface area contributed by atoms with E-state index in [1.807, 2.05) is 30.3 Å². The first kappa shape index (κ1) is 20.2. The van der Waals surface area contributed by atoms with E-state index in [1.54, 1.807) is 18.2 Å². The van der Waals surface area contributed by atoms with Crippen LogP contribution in [0.3, 0.4) is 0 Å². The summed E-state index contributed by atoms with van der Waals surface area (Å²) in [5.74, 6) is 0.411. The van der Waals surface area contributed by atoms with Crippen LogP contribution in [0, 0.1) is 11.6 Å². The van der Waals surface area contributed by atoms with Crippen molar-refractivity contribution in [1.29, 1.82) is 0 Å². The number of hydrogen-bond acceptors (Lipinski definition) is 4. The standard InChI is InChI=1S/C23H18ClF2NO3/c24-18-13-17(30-16-5-2-1-3-6-16)9-10-21(18)28-12-11-15-14-29-23(27-15)22-19(25)7-4-8-20(22)26/h1-10,13,15H,11-12,14H2. The van der Waals surface area contributed by atoms with Gasteiger partial charge in [0.05, 0.1) is 17.7 Å². The summed E-state index contributed by atoms with van der Waals surface area (Å²) < 4.78 is 44.6. The Bertz CT molecular complexity index is 1040. The van der Waals surface area contributed by atoms with E-state index in [9.17, 15) is 8.78 Å². The fourth-order valence-electron chi connectivity index (χ4n) is 2.99. The molecule has 4 rings (SSSR count). The average Bonchev–Trinajstić information content (AvgIpc) is 3.19. The van der Waals surface area contributed by atoms with Crippen molar-refractivity contribution >= 4 is 17.5 Å². The monoisotopic (exact) mass is 429 g/mol. The molecule has 0 spiro atoms. The molecule has 0 aliphatic carbocycles. The number of hydrogen-bond donors (Lipinski definition) is 0. The van der Waals surface area contributed by atoms with Gasteiger partial charge in [0.15, 0.2) is 0 Å². The molecule has 0 N–H and O–H groups in total. The maximum atomic E-state index is 13.9. The molecule has 1 aliphatic rings.